The molecule has 0 rings (SSSR count). The molecule has 134 valence electrons. The molecule has 0 radical (unpaired) electrons. The topological polar surface area (TPSA) is 91.8 Å². The standard InChI is InChI=1S/C16H37N3O3/c1-6-16(10-20-7-13(2)17,11-21-8-14(3)18)12-22-9-15(4)19-5/h13-15,19H,6-12,17-18H2,1-5H3. The van der Waals surface area contributed by atoms with Gasteiger partial charge in [0.05, 0.1) is 39.6 Å². The van der Waals surface area contributed by atoms with Gasteiger partial charge in [-0.25, -0.2) is 0 Å². The Balaban J connectivity index is 4.46. The maximum Gasteiger partial charge on any atom is 0.0617 e. The lowest BCUT2D eigenvalue weighted by Crippen LogP contribution is -2.40. The Hall–Kier alpha value is -0.240. The molecule has 3 unspecified atom stereocenters. The minimum Gasteiger partial charge on any atom is -0.379 e. The average molecular weight is 319 g/mol. The summed E-state index contributed by atoms with van der Waals surface area (Å²) in [5.41, 5.74) is 11.3. The lowest BCUT2D eigenvalue weighted by molar-refractivity contribution is -0.0757. The minimum atomic E-state index is -0.156. The lowest BCUT2D eigenvalue weighted by Gasteiger charge is -2.33. The van der Waals surface area contributed by atoms with Crippen LogP contribution in [0.4, 0.5) is 0 Å². The highest BCUT2D eigenvalue weighted by molar-refractivity contribution is 4.78. The number of likely N-dealkylation sites (N-methyl/N-ethyl adjacent to an activating group) is 1. The summed E-state index contributed by atoms with van der Waals surface area (Å²) in [6.45, 7) is 11.6. The minimum absolute atomic E-state index is 0.0322. The third-order valence-corrected chi connectivity index (χ3v) is 3.60. The molecule has 3 atom stereocenters. The fourth-order valence-corrected chi connectivity index (χ4v) is 1.89. The van der Waals surface area contributed by atoms with Crippen LogP contribution in [0.3, 0.4) is 0 Å². The summed E-state index contributed by atoms with van der Waals surface area (Å²) in [6.07, 6.45) is 0.916. The van der Waals surface area contributed by atoms with E-state index in [2.05, 4.69) is 19.2 Å². The molecule has 5 N–H and O–H groups in total. The van der Waals surface area contributed by atoms with E-state index in [-0.39, 0.29) is 17.5 Å². The molecule has 0 heterocycles. The van der Waals surface area contributed by atoms with Gasteiger partial charge in [0.1, 0.15) is 0 Å². The summed E-state index contributed by atoms with van der Waals surface area (Å²) >= 11 is 0. The van der Waals surface area contributed by atoms with Crippen LogP contribution in [0.2, 0.25) is 0 Å². The first kappa shape index (κ1) is 21.8. The average Bonchev–Trinajstić information content (AvgIpc) is 2.45. The molecule has 0 spiro atoms. The molecule has 0 amide bonds. The molecule has 0 fully saturated rings. The van der Waals surface area contributed by atoms with E-state index in [1.807, 2.05) is 20.9 Å². The van der Waals surface area contributed by atoms with Crippen LogP contribution >= 0.6 is 0 Å². The number of hydrogen-bond donors (Lipinski definition) is 3. The van der Waals surface area contributed by atoms with Crippen LogP contribution in [0.1, 0.15) is 34.1 Å². The van der Waals surface area contributed by atoms with Crippen molar-refractivity contribution in [2.75, 3.05) is 46.7 Å². The molecule has 0 saturated heterocycles. The van der Waals surface area contributed by atoms with Crippen molar-refractivity contribution in [3.63, 3.8) is 0 Å². The lowest BCUT2D eigenvalue weighted by atomic mass is 9.88. The maximum atomic E-state index is 5.87. The van der Waals surface area contributed by atoms with Crippen LogP contribution in [0.15, 0.2) is 0 Å². The van der Waals surface area contributed by atoms with Crippen LogP contribution in [0.25, 0.3) is 0 Å². The Kier molecular flexibility index (Phi) is 12.1. The number of rotatable bonds is 14. The zero-order chi connectivity index (χ0) is 17.0. The first-order chi connectivity index (χ1) is 10.3. The predicted octanol–water partition coefficient (Wildman–Crippen LogP) is 0.735. The van der Waals surface area contributed by atoms with Gasteiger partial charge in [0.15, 0.2) is 0 Å². The molecular weight excluding hydrogens is 282 g/mol. The van der Waals surface area contributed by atoms with E-state index in [9.17, 15) is 0 Å². The fourth-order valence-electron chi connectivity index (χ4n) is 1.89. The van der Waals surface area contributed by atoms with Gasteiger partial charge in [-0.3, -0.25) is 0 Å². The molecule has 0 aromatic rings. The van der Waals surface area contributed by atoms with E-state index >= 15 is 0 Å². The molecular formula is C16H37N3O3. The van der Waals surface area contributed by atoms with Crippen molar-refractivity contribution >= 4 is 0 Å². The van der Waals surface area contributed by atoms with Gasteiger partial charge in [-0.05, 0) is 34.2 Å². The second kappa shape index (κ2) is 12.2. The van der Waals surface area contributed by atoms with E-state index in [4.69, 9.17) is 25.7 Å². The Bertz CT molecular complexity index is 249. The SMILES string of the molecule is CCC(COCC(C)N)(COCC(C)N)COCC(C)NC. The Labute approximate surface area is 136 Å². The Morgan fingerprint density at radius 1 is 0.864 bits per heavy atom. The zero-order valence-electron chi connectivity index (χ0n) is 15.1. The number of nitrogens with two attached hydrogens (primary N) is 2. The van der Waals surface area contributed by atoms with Gasteiger partial charge in [-0.1, -0.05) is 6.92 Å². The van der Waals surface area contributed by atoms with Crippen LogP contribution in [0, 0.1) is 5.41 Å². The quantitative estimate of drug-likeness (QED) is 0.437. The van der Waals surface area contributed by atoms with Crippen molar-refractivity contribution in [1.29, 1.82) is 0 Å². The van der Waals surface area contributed by atoms with Gasteiger partial charge in [0.25, 0.3) is 0 Å². The van der Waals surface area contributed by atoms with E-state index in [0.29, 0.717) is 45.7 Å². The van der Waals surface area contributed by atoms with Gasteiger partial charge in [0.2, 0.25) is 0 Å². The number of ether oxygens (including phenoxy) is 3. The fraction of sp³-hybridized carbons (Fsp3) is 1.00. The van der Waals surface area contributed by atoms with Crippen LogP contribution in [-0.2, 0) is 14.2 Å². The molecule has 6 nitrogen and oxygen atoms in total. The summed E-state index contributed by atoms with van der Waals surface area (Å²) < 4.78 is 17.4. The molecule has 0 aromatic carbocycles. The highest BCUT2D eigenvalue weighted by Gasteiger charge is 2.30. The third-order valence-electron chi connectivity index (χ3n) is 3.60. The predicted molar refractivity (Wildman–Crippen MR) is 91.0 cm³/mol. The van der Waals surface area contributed by atoms with E-state index < -0.39 is 0 Å². The summed E-state index contributed by atoms with van der Waals surface area (Å²) in [4.78, 5) is 0. The van der Waals surface area contributed by atoms with Crippen molar-refractivity contribution < 1.29 is 14.2 Å². The van der Waals surface area contributed by atoms with Gasteiger partial charge in [-0.2, -0.15) is 0 Å². The monoisotopic (exact) mass is 319 g/mol. The van der Waals surface area contributed by atoms with Crippen molar-refractivity contribution in [2.24, 2.45) is 16.9 Å². The van der Waals surface area contributed by atoms with Gasteiger partial charge < -0.3 is 31.0 Å². The number of nitrogens with one attached hydrogen (secondary N) is 1. The molecule has 22 heavy (non-hydrogen) atoms. The molecule has 0 aliphatic heterocycles. The third kappa shape index (κ3) is 10.5. The van der Waals surface area contributed by atoms with Gasteiger partial charge in [-0.15, -0.1) is 0 Å². The smallest absolute Gasteiger partial charge is 0.0617 e. The normalized spacial score (nSPS) is 18.7. The zero-order valence-corrected chi connectivity index (χ0v) is 15.1. The first-order valence-electron chi connectivity index (χ1n) is 8.27. The molecule has 6 heteroatoms. The van der Waals surface area contributed by atoms with Gasteiger partial charge in [0, 0.05) is 23.5 Å². The number of hydrogen-bond acceptors (Lipinski definition) is 6. The van der Waals surface area contributed by atoms with E-state index in [1.54, 1.807) is 0 Å². The summed E-state index contributed by atoms with van der Waals surface area (Å²) in [6, 6.07) is 0.388. The highest BCUT2D eigenvalue weighted by atomic mass is 16.5. The molecule has 0 aliphatic carbocycles. The maximum absolute atomic E-state index is 5.87. The van der Waals surface area contributed by atoms with Crippen molar-refractivity contribution in [1.82, 2.24) is 5.32 Å². The summed E-state index contributed by atoms with van der Waals surface area (Å²) in [5.74, 6) is 0. The first-order valence-corrected chi connectivity index (χ1v) is 8.27. The van der Waals surface area contributed by atoms with Crippen LogP contribution in [0.5, 0.6) is 0 Å². The Morgan fingerprint density at radius 3 is 1.59 bits per heavy atom. The molecule has 0 bridgehead atoms. The van der Waals surface area contributed by atoms with Crippen LogP contribution in [-0.4, -0.2) is 64.8 Å². The Morgan fingerprint density at radius 2 is 1.27 bits per heavy atom. The van der Waals surface area contributed by atoms with Crippen molar-refractivity contribution in [2.45, 2.75) is 52.2 Å². The molecule has 0 aromatic heterocycles. The largest absolute Gasteiger partial charge is 0.379 e. The van der Waals surface area contributed by atoms with E-state index in [0.717, 1.165) is 6.42 Å². The van der Waals surface area contributed by atoms with Crippen LogP contribution < -0.4 is 16.8 Å². The highest BCUT2D eigenvalue weighted by Crippen LogP contribution is 2.24. The van der Waals surface area contributed by atoms with Crippen molar-refractivity contribution in [3.05, 3.63) is 0 Å². The summed E-state index contributed by atoms with van der Waals surface area (Å²) in [5, 5.41) is 3.16. The molecule has 0 saturated carbocycles. The summed E-state index contributed by atoms with van der Waals surface area (Å²) in [7, 11) is 1.93. The van der Waals surface area contributed by atoms with Gasteiger partial charge >= 0.3 is 0 Å². The molecule has 0 aliphatic rings. The second-order valence-electron chi connectivity index (χ2n) is 6.54. The van der Waals surface area contributed by atoms with Crippen molar-refractivity contribution in [3.8, 4) is 0 Å². The van der Waals surface area contributed by atoms with E-state index in [1.165, 1.54) is 0 Å². The second-order valence-corrected chi connectivity index (χ2v) is 6.54.